The number of carbonyl (C=O) groups excluding carboxylic acids is 2. The van der Waals surface area contributed by atoms with Crippen LogP contribution in [0.1, 0.15) is 33.1 Å². The Hall–Kier alpha value is -1.50. The van der Waals surface area contributed by atoms with E-state index in [0.717, 1.165) is 12.2 Å². The van der Waals surface area contributed by atoms with Gasteiger partial charge in [0.2, 0.25) is 12.2 Å². The van der Waals surface area contributed by atoms with Gasteiger partial charge >= 0.3 is 0 Å². The zero-order chi connectivity index (χ0) is 10.9. The van der Waals surface area contributed by atoms with E-state index in [2.05, 4.69) is 26.0 Å². The number of hydrogen-bond acceptors (Lipinski definition) is 4. The fourth-order valence-corrected chi connectivity index (χ4v) is 0.451. The third-order valence-electron chi connectivity index (χ3n) is 0.858. The van der Waals surface area contributed by atoms with Crippen LogP contribution in [-0.2, 0) is 9.59 Å². The summed E-state index contributed by atoms with van der Waals surface area (Å²) >= 11 is 0. The van der Waals surface area contributed by atoms with Crippen molar-refractivity contribution in [1.29, 1.82) is 10.8 Å². The lowest BCUT2D eigenvalue weighted by molar-refractivity contribution is 0.562. The second-order valence-electron chi connectivity index (χ2n) is 1.87. The van der Waals surface area contributed by atoms with E-state index in [1.165, 1.54) is 19.3 Å². The number of rotatable bonds is 3. The number of isocyanates is 2. The fraction of sp³-hybridized carbons (Fsp3) is 0.556. The molecule has 74 valence electrons. The van der Waals surface area contributed by atoms with Crippen LogP contribution in [0.15, 0.2) is 12.2 Å². The maximum Gasteiger partial charge on any atom is 0.231 e. The molecule has 4 heteroatoms. The Labute approximate surface area is 78.7 Å². The zero-order valence-corrected chi connectivity index (χ0v) is 8.09. The minimum Gasteiger partial charge on any atom is -0.222 e. The zero-order valence-electron chi connectivity index (χ0n) is 8.09. The van der Waals surface area contributed by atoms with Gasteiger partial charge in [0.1, 0.15) is 0 Å². The first-order valence-electron chi connectivity index (χ1n) is 3.97. The highest BCUT2D eigenvalue weighted by Gasteiger charge is 1.68. The molecule has 0 aromatic rings. The van der Waals surface area contributed by atoms with Gasteiger partial charge in [-0.3, -0.25) is 0 Å². The minimum absolute atomic E-state index is 0.750. The molecule has 2 N–H and O–H groups in total. The number of nitrogens with one attached hydrogen (secondary N) is 2. The van der Waals surface area contributed by atoms with Gasteiger partial charge < -0.3 is 0 Å². The van der Waals surface area contributed by atoms with Gasteiger partial charge in [-0.2, -0.15) is 0 Å². The molecule has 0 saturated carbocycles. The summed E-state index contributed by atoms with van der Waals surface area (Å²) in [6, 6.07) is 0. The maximum absolute atomic E-state index is 8.35. The predicted octanol–water partition coefficient (Wildman–Crippen LogP) is 2.55. The molecule has 0 aliphatic rings. The smallest absolute Gasteiger partial charge is 0.222 e. The van der Waals surface area contributed by atoms with Crippen LogP contribution in [0.25, 0.3) is 0 Å². The van der Waals surface area contributed by atoms with Crippen molar-refractivity contribution in [2.24, 2.45) is 0 Å². The quantitative estimate of drug-likeness (QED) is 0.401. The van der Waals surface area contributed by atoms with Gasteiger partial charge in [0.15, 0.2) is 0 Å². The molecule has 0 amide bonds. The summed E-state index contributed by atoms with van der Waals surface area (Å²) in [6.45, 7) is 4.35. The van der Waals surface area contributed by atoms with Gasteiger partial charge in [-0.15, -0.1) is 0 Å². The van der Waals surface area contributed by atoms with Gasteiger partial charge in [0.05, 0.1) is 0 Å². The van der Waals surface area contributed by atoms with Crippen LogP contribution in [0.5, 0.6) is 0 Å². The van der Waals surface area contributed by atoms with E-state index in [0.29, 0.717) is 0 Å². The summed E-state index contributed by atoms with van der Waals surface area (Å²) in [4.78, 5) is 16.7. The Morgan fingerprint density at radius 3 is 1.69 bits per heavy atom. The monoisotopic (exact) mass is 184 g/mol. The van der Waals surface area contributed by atoms with Crippen molar-refractivity contribution >= 4 is 12.2 Å². The summed E-state index contributed by atoms with van der Waals surface area (Å²) in [5.41, 5.74) is 0. The minimum atomic E-state index is 0.750. The molecule has 0 aliphatic carbocycles. The summed E-state index contributed by atoms with van der Waals surface area (Å²) in [5, 5.41) is 10.8. The van der Waals surface area contributed by atoms with Crippen LogP contribution < -0.4 is 0 Å². The van der Waals surface area contributed by atoms with Crippen LogP contribution in [0.2, 0.25) is 0 Å². The Morgan fingerprint density at radius 2 is 1.46 bits per heavy atom. The average Bonchev–Trinajstić information content (AvgIpc) is 2.08. The second-order valence-corrected chi connectivity index (χ2v) is 1.87. The molecule has 0 aliphatic heterocycles. The van der Waals surface area contributed by atoms with Crippen molar-refractivity contribution in [3.05, 3.63) is 12.2 Å². The molecule has 0 aromatic heterocycles. The van der Waals surface area contributed by atoms with Crippen molar-refractivity contribution in [1.82, 2.24) is 0 Å². The second kappa shape index (κ2) is 31.3. The van der Waals surface area contributed by atoms with Gasteiger partial charge in [-0.05, 0) is 12.8 Å². The lowest BCUT2D eigenvalue weighted by atomic mass is 10.3. The number of unbranched alkanes of at least 4 members (excludes halogenated alkanes) is 1. The van der Waals surface area contributed by atoms with Crippen molar-refractivity contribution in [2.75, 3.05) is 0 Å². The summed E-state index contributed by atoms with van der Waals surface area (Å²) in [5.74, 6) is 0. The largest absolute Gasteiger partial charge is 0.231 e. The molecule has 13 heavy (non-hydrogen) atoms. The molecule has 0 atom stereocenters. The Kier molecular flexibility index (Phi) is 42.3. The molecule has 0 rings (SSSR count). The molecule has 0 saturated heterocycles. The lowest BCUT2D eigenvalue weighted by Gasteiger charge is -1.79. The van der Waals surface area contributed by atoms with Gasteiger partial charge in [-0.25, -0.2) is 20.4 Å². The first-order chi connectivity index (χ1) is 6.24. The van der Waals surface area contributed by atoms with Crippen molar-refractivity contribution in [3.8, 4) is 0 Å². The summed E-state index contributed by atoms with van der Waals surface area (Å²) < 4.78 is 0. The van der Waals surface area contributed by atoms with Crippen molar-refractivity contribution in [2.45, 2.75) is 33.1 Å². The maximum atomic E-state index is 8.35. The van der Waals surface area contributed by atoms with Crippen LogP contribution >= 0.6 is 0 Å². The standard InChI is InChI=1S/C7H14.2CHNO/c1-3-5-7-6-4-2;2*2-1-3/h5,7H,3-4,6H2,1-2H3;2*2H. The molecule has 0 heterocycles. The molecule has 0 radical (unpaired) electrons. The molecular formula is C9H16N2O2. The number of hydrogen-bond donors (Lipinski definition) is 2. The van der Waals surface area contributed by atoms with E-state index in [9.17, 15) is 0 Å². The van der Waals surface area contributed by atoms with Crippen molar-refractivity contribution < 1.29 is 9.59 Å². The Morgan fingerprint density at radius 1 is 1.08 bits per heavy atom. The van der Waals surface area contributed by atoms with Crippen LogP contribution in [0.3, 0.4) is 0 Å². The summed E-state index contributed by atoms with van der Waals surface area (Å²) in [6.07, 6.45) is 9.65. The van der Waals surface area contributed by atoms with E-state index in [4.69, 9.17) is 20.4 Å². The Balaban J connectivity index is -0.000000140. The third-order valence-corrected chi connectivity index (χ3v) is 0.858. The van der Waals surface area contributed by atoms with E-state index >= 15 is 0 Å². The van der Waals surface area contributed by atoms with Gasteiger partial charge in [-0.1, -0.05) is 32.4 Å². The van der Waals surface area contributed by atoms with Crippen molar-refractivity contribution in [3.63, 3.8) is 0 Å². The molecular weight excluding hydrogens is 168 g/mol. The lowest BCUT2D eigenvalue weighted by Crippen LogP contribution is -1.58. The molecule has 0 fully saturated rings. The molecule has 4 nitrogen and oxygen atoms in total. The SMILES string of the molecule is CCC=CCCC.N=C=O.N=C=O. The molecule has 0 unspecified atom stereocenters. The topological polar surface area (TPSA) is 81.8 Å². The highest BCUT2D eigenvalue weighted by Crippen LogP contribution is 1.88. The van der Waals surface area contributed by atoms with Gasteiger partial charge in [0, 0.05) is 0 Å². The first kappa shape index (κ1) is 17.5. The van der Waals surface area contributed by atoms with Gasteiger partial charge in [0.25, 0.3) is 0 Å². The molecule has 0 aromatic carbocycles. The molecule has 0 bridgehead atoms. The highest BCUT2D eigenvalue weighted by molar-refractivity contribution is 5.26. The third kappa shape index (κ3) is 121. The normalized spacial score (nSPS) is 6.92. The highest BCUT2D eigenvalue weighted by atomic mass is 16.1. The van der Waals surface area contributed by atoms with E-state index in [1.54, 1.807) is 0 Å². The van der Waals surface area contributed by atoms with E-state index < -0.39 is 0 Å². The number of allylic oxidation sites excluding steroid dienone is 2. The van der Waals surface area contributed by atoms with Crippen LogP contribution in [-0.4, -0.2) is 12.2 Å². The Bertz CT molecular complexity index is 152. The van der Waals surface area contributed by atoms with E-state index in [-0.39, 0.29) is 0 Å². The van der Waals surface area contributed by atoms with E-state index in [1.807, 2.05) is 0 Å². The van der Waals surface area contributed by atoms with Crippen LogP contribution in [0, 0.1) is 10.8 Å². The van der Waals surface area contributed by atoms with Crippen LogP contribution in [0.4, 0.5) is 0 Å². The predicted molar refractivity (Wildman–Crippen MR) is 51.2 cm³/mol. The summed E-state index contributed by atoms with van der Waals surface area (Å²) in [7, 11) is 0. The fourth-order valence-electron chi connectivity index (χ4n) is 0.451. The first-order valence-corrected chi connectivity index (χ1v) is 3.97. The average molecular weight is 184 g/mol. The molecule has 0 spiro atoms.